The van der Waals surface area contributed by atoms with Crippen molar-refractivity contribution in [1.29, 1.82) is 0 Å². The van der Waals surface area contributed by atoms with Gasteiger partial charge in [-0.15, -0.1) is 0 Å². The lowest BCUT2D eigenvalue weighted by atomic mass is 9.92. The molecular formula is C36H41N7O4. The topological polar surface area (TPSA) is 142 Å². The van der Waals surface area contributed by atoms with Crippen molar-refractivity contribution in [2.24, 2.45) is 11.5 Å². The maximum atomic E-state index is 13.3. The van der Waals surface area contributed by atoms with Crippen molar-refractivity contribution in [1.82, 2.24) is 14.8 Å². The number of rotatable bonds is 12. The molecule has 5 rings (SSSR count). The van der Waals surface area contributed by atoms with Crippen LogP contribution in [-0.4, -0.2) is 53.5 Å². The van der Waals surface area contributed by atoms with Crippen LogP contribution >= 0.6 is 0 Å². The fourth-order valence-electron chi connectivity index (χ4n) is 5.20. The smallest absolute Gasteiger partial charge is 0.325 e. The van der Waals surface area contributed by atoms with Gasteiger partial charge in [0.15, 0.2) is 0 Å². The van der Waals surface area contributed by atoms with Crippen LogP contribution < -0.4 is 26.0 Å². The minimum Gasteiger partial charge on any atom is -0.488 e. The van der Waals surface area contributed by atoms with Gasteiger partial charge in [0.2, 0.25) is 5.91 Å². The van der Waals surface area contributed by atoms with Crippen LogP contribution in [0.15, 0.2) is 85.1 Å². The lowest BCUT2D eigenvalue weighted by Gasteiger charge is -2.23. The summed E-state index contributed by atoms with van der Waals surface area (Å²) in [6, 6.07) is 24.4. The summed E-state index contributed by atoms with van der Waals surface area (Å²) in [4.78, 5) is 32.7. The second-order valence-corrected chi connectivity index (χ2v) is 12.4. The molecule has 0 bridgehead atoms. The first kappa shape index (κ1) is 33.0. The molecule has 11 nitrogen and oxygen atoms in total. The molecule has 11 heteroatoms. The van der Waals surface area contributed by atoms with Gasteiger partial charge in [-0.05, 0) is 48.2 Å². The summed E-state index contributed by atoms with van der Waals surface area (Å²) in [6.45, 7) is 9.30. The SMILES string of the molecule is COCCN(CC(N)=O)c1cc(COc2cc(N(C(N)=O)c3cc(C(C)(C)C)nn3-c3ccc(C)cc3)cc3ccccc23)ccn1. The molecule has 0 aliphatic rings. The Labute approximate surface area is 274 Å². The normalized spacial score (nSPS) is 11.4. The highest BCUT2D eigenvalue weighted by atomic mass is 16.5. The zero-order valence-electron chi connectivity index (χ0n) is 27.4. The zero-order valence-corrected chi connectivity index (χ0v) is 27.4. The minimum absolute atomic E-state index is 0.00635. The summed E-state index contributed by atoms with van der Waals surface area (Å²) in [7, 11) is 1.59. The molecule has 47 heavy (non-hydrogen) atoms. The van der Waals surface area contributed by atoms with E-state index in [0.717, 1.165) is 33.3 Å². The lowest BCUT2D eigenvalue weighted by molar-refractivity contribution is -0.116. The second-order valence-electron chi connectivity index (χ2n) is 12.4. The van der Waals surface area contributed by atoms with E-state index in [2.05, 4.69) is 25.8 Å². The number of primary amides is 2. The molecule has 0 unspecified atom stereocenters. The maximum absolute atomic E-state index is 13.3. The van der Waals surface area contributed by atoms with E-state index in [0.29, 0.717) is 36.2 Å². The van der Waals surface area contributed by atoms with Crippen molar-refractivity contribution in [2.75, 3.05) is 36.6 Å². The monoisotopic (exact) mass is 635 g/mol. The van der Waals surface area contributed by atoms with Crippen molar-refractivity contribution >= 4 is 40.0 Å². The van der Waals surface area contributed by atoms with Crippen molar-refractivity contribution in [3.8, 4) is 11.4 Å². The number of methoxy groups -OCH3 is 1. The summed E-state index contributed by atoms with van der Waals surface area (Å²) in [5.41, 5.74) is 15.4. The molecule has 0 spiro atoms. The molecule has 2 heterocycles. The molecule has 2 aromatic heterocycles. The number of aryl methyl sites for hydroxylation is 1. The molecule has 4 N–H and O–H groups in total. The first-order valence-electron chi connectivity index (χ1n) is 15.3. The Kier molecular flexibility index (Phi) is 9.76. The molecule has 3 aromatic carbocycles. The number of fused-ring (bicyclic) bond motifs is 1. The molecule has 244 valence electrons. The molecule has 0 atom stereocenters. The van der Waals surface area contributed by atoms with E-state index < -0.39 is 11.9 Å². The van der Waals surface area contributed by atoms with Crippen LogP contribution in [0.4, 0.5) is 22.1 Å². The van der Waals surface area contributed by atoms with Crippen molar-refractivity contribution in [3.63, 3.8) is 0 Å². The Bertz CT molecular complexity index is 1880. The van der Waals surface area contributed by atoms with Gasteiger partial charge in [0.1, 0.15) is 24.0 Å². The van der Waals surface area contributed by atoms with Gasteiger partial charge in [-0.3, -0.25) is 4.79 Å². The summed E-state index contributed by atoms with van der Waals surface area (Å²) in [6.07, 6.45) is 1.66. The number of pyridine rings is 1. The molecule has 0 saturated carbocycles. The first-order valence-corrected chi connectivity index (χ1v) is 15.3. The van der Waals surface area contributed by atoms with Crippen LogP contribution in [-0.2, 0) is 21.6 Å². The second kappa shape index (κ2) is 13.9. The Balaban J connectivity index is 1.55. The number of aromatic nitrogens is 3. The van der Waals surface area contributed by atoms with Gasteiger partial charge >= 0.3 is 6.03 Å². The number of ether oxygens (including phenoxy) is 2. The van der Waals surface area contributed by atoms with E-state index >= 15 is 0 Å². The maximum Gasteiger partial charge on any atom is 0.325 e. The van der Waals surface area contributed by atoms with Crippen molar-refractivity contribution < 1.29 is 19.1 Å². The highest BCUT2D eigenvalue weighted by Gasteiger charge is 2.27. The number of hydrogen-bond donors (Lipinski definition) is 2. The number of urea groups is 1. The third kappa shape index (κ3) is 7.70. The Morgan fingerprint density at radius 1 is 0.957 bits per heavy atom. The van der Waals surface area contributed by atoms with Gasteiger partial charge in [0.25, 0.3) is 0 Å². The third-order valence-corrected chi connectivity index (χ3v) is 7.69. The predicted molar refractivity (Wildman–Crippen MR) is 185 cm³/mol. The Hall–Kier alpha value is -5.42. The Morgan fingerprint density at radius 2 is 1.70 bits per heavy atom. The van der Waals surface area contributed by atoms with Gasteiger partial charge in [0.05, 0.1) is 30.2 Å². The van der Waals surface area contributed by atoms with Gasteiger partial charge in [-0.1, -0.05) is 62.7 Å². The molecular weight excluding hydrogens is 594 g/mol. The van der Waals surface area contributed by atoms with E-state index in [1.165, 1.54) is 4.90 Å². The number of amides is 3. The van der Waals surface area contributed by atoms with Crippen LogP contribution in [0.5, 0.6) is 5.75 Å². The van der Waals surface area contributed by atoms with E-state index in [9.17, 15) is 9.59 Å². The molecule has 0 saturated heterocycles. The highest BCUT2D eigenvalue weighted by molar-refractivity contribution is 6.02. The lowest BCUT2D eigenvalue weighted by Crippen LogP contribution is -2.36. The van der Waals surface area contributed by atoms with Crippen LogP contribution in [0.3, 0.4) is 0 Å². The number of carbonyl (C=O) groups excluding carboxylic acids is 2. The Morgan fingerprint density at radius 3 is 2.38 bits per heavy atom. The standard InChI is InChI=1S/C36H41N7O4/c1-24-10-12-27(13-11-24)43-34(21-31(40-43)36(2,3)4)42(35(38)45)28-19-26-8-6-7-9-29(26)30(20-28)47-23-25-14-15-39-33(18-25)41(16-17-46-5)22-32(37)44/h6-15,18-21H,16-17,22-23H2,1-5H3,(H2,37,44)(H2,38,45). The number of carbonyl (C=O) groups is 2. The number of benzene rings is 3. The van der Waals surface area contributed by atoms with Crippen molar-refractivity contribution in [2.45, 2.75) is 39.7 Å². The molecule has 0 aliphatic carbocycles. The first-order chi connectivity index (χ1) is 22.4. The number of anilines is 3. The van der Waals surface area contributed by atoms with Gasteiger partial charge < -0.3 is 25.8 Å². The van der Waals surface area contributed by atoms with Gasteiger partial charge in [0, 0.05) is 42.8 Å². The minimum atomic E-state index is -0.663. The quantitative estimate of drug-likeness (QED) is 0.178. The molecule has 3 amide bonds. The van der Waals surface area contributed by atoms with Crippen molar-refractivity contribution in [3.05, 3.63) is 102 Å². The fraction of sp³-hybridized carbons (Fsp3) is 0.278. The summed E-state index contributed by atoms with van der Waals surface area (Å²) in [5.74, 6) is 1.19. The average Bonchev–Trinajstić information content (AvgIpc) is 3.47. The largest absolute Gasteiger partial charge is 0.488 e. The molecule has 5 aromatic rings. The zero-order chi connectivity index (χ0) is 33.7. The van der Waals surface area contributed by atoms with Crippen LogP contribution in [0.2, 0.25) is 0 Å². The molecule has 0 fully saturated rings. The third-order valence-electron chi connectivity index (χ3n) is 7.69. The molecule has 0 radical (unpaired) electrons. The number of nitrogens with two attached hydrogens (primary N) is 2. The summed E-state index contributed by atoms with van der Waals surface area (Å²) in [5, 5.41) is 6.65. The van der Waals surface area contributed by atoms with E-state index in [-0.39, 0.29) is 18.6 Å². The molecule has 0 aliphatic heterocycles. The average molecular weight is 636 g/mol. The van der Waals surface area contributed by atoms with Crippen LogP contribution in [0.1, 0.15) is 37.6 Å². The van der Waals surface area contributed by atoms with E-state index in [4.69, 9.17) is 26.0 Å². The summed E-state index contributed by atoms with van der Waals surface area (Å²) < 4.78 is 13.4. The number of hydrogen-bond acceptors (Lipinski definition) is 7. The van der Waals surface area contributed by atoms with Gasteiger partial charge in [-0.2, -0.15) is 5.10 Å². The van der Waals surface area contributed by atoms with Crippen LogP contribution in [0, 0.1) is 6.92 Å². The van der Waals surface area contributed by atoms with E-state index in [1.807, 2.05) is 85.8 Å². The van der Waals surface area contributed by atoms with E-state index in [1.54, 1.807) is 22.9 Å². The van der Waals surface area contributed by atoms with Crippen LogP contribution in [0.25, 0.3) is 16.5 Å². The highest BCUT2D eigenvalue weighted by Crippen LogP contribution is 2.38. The predicted octanol–water partition coefficient (Wildman–Crippen LogP) is 5.76. The fourth-order valence-corrected chi connectivity index (χ4v) is 5.20. The number of nitrogens with zero attached hydrogens (tertiary/aromatic N) is 5. The van der Waals surface area contributed by atoms with Gasteiger partial charge in [-0.25, -0.2) is 19.4 Å². The summed E-state index contributed by atoms with van der Waals surface area (Å²) >= 11 is 0.